The van der Waals surface area contributed by atoms with Crippen molar-refractivity contribution < 1.29 is 0 Å². The topological polar surface area (TPSA) is 38.7 Å². The highest BCUT2D eigenvalue weighted by Crippen LogP contribution is 2.32. The molecular weight excluding hydrogens is 348 g/mol. The van der Waals surface area contributed by atoms with Gasteiger partial charge < -0.3 is 0 Å². The van der Waals surface area contributed by atoms with Crippen molar-refractivity contribution in [3.63, 3.8) is 0 Å². The molecule has 3 aliphatic rings. The van der Waals surface area contributed by atoms with Crippen LogP contribution in [-0.4, -0.2) is 81.9 Å². The van der Waals surface area contributed by atoms with Crippen LogP contribution in [0.5, 0.6) is 0 Å². The lowest BCUT2D eigenvalue weighted by molar-refractivity contribution is 0.0894. The van der Waals surface area contributed by atoms with E-state index < -0.39 is 0 Å². The summed E-state index contributed by atoms with van der Waals surface area (Å²) in [5.74, 6) is 0. The molecule has 4 bridgehead atoms. The Morgan fingerprint density at radius 3 is 1.25 bits per heavy atom. The van der Waals surface area contributed by atoms with Gasteiger partial charge in [0.25, 0.3) is 0 Å². The van der Waals surface area contributed by atoms with E-state index in [-0.39, 0.29) is 0 Å². The van der Waals surface area contributed by atoms with Gasteiger partial charge in [0, 0.05) is 64.8 Å². The number of nitrogens with zero attached hydrogens (tertiary/aromatic N) is 6. The first-order valence-electron chi connectivity index (χ1n) is 10.7. The fraction of sp³-hybridized carbons (Fsp3) is 0.545. The molecule has 0 N–H and O–H groups in total. The maximum Gasteiger partial charge on any atom is 0.106 e. The third kappa shape index (κ3) is 3.57. The maximum atomic E-state index is 4.69. The molecule has 3 saturated heterocycles. The van der Waals surface area contributed by atoms with E-state index in [2.05, 4.69) is 43.9 Å². The predicted molar refractivity (Wildman–Crippen MR) is 109 cm³/mol. The monoisotopic (exact) mass is 378 g/mol. The number of pyridine rings is 2. The van der Waals surface area contributed by atoms with E-state index in [1.54, 1.807) is 0 Å². The second-order valence-corrected chi connectivity index (χ2v) is 8.11. The zero-order chi connectivity index (χ0) is 18.8. The minimum absolute atomic E-state index is 0.342. The fourth-order valence-electron chi connectivity index (χ4n) is 5.16. The van der Waals surface area contributed by atoms with Gasteiger partial charge in [0.15, 0.2) is 0 Å². The van der Waals surface area contributed by atoms with Gasteiger partial charge >= 0.3 is 0 Å². The molecule has 0 aliphatic carbocycles. The summed E-state index contributed by atoms with van der Waals surface area (Å²) >= 11 is 0. The first-order chi connectivity index (χ1) is 13.9. The maximum absolute atomic E-state index is 4.69. The fourth-order valence-corrected chi connectivity index (χ4v) is 5.16. The summed E-state index contributed by atoms with van der Waals surface area (Å²) < 4.78 is 0. The summed E-state index contributed by atoms with van der Waals surface area (Å²) in [6, 6.07) is 12.7. The van der Waals surface area contributed by atoms with Crippen LogP contribution in [0.4, 0.5) is 0 Å². The summed E-state index contributed by atoms with van der Waals surface area (Å²) in [5, 5.41) is 0. The average Bonchev–Trinajstić information content (AvgIpc) is 3.33. The van der Waals surface area contributed by atoms with Gasteiger partial charge in [-0.1, -0.05) is 12.1 Å². The van der Waals surface area contributed by atoms with Crippen LogP contribution in [0.15, 0.2) is 48.8 Å². The Bertz CT molecular complexity index is 665. The van der Waals surface area contributed by atoms with Gasteiger partial charge in [0.2, 0.25) is 0 Å². The van der Waals surface area contributed by atoms with E-state index in [0.29, 0.717) is 12.3 Å². The molecule has 0 spiro atoms. The number of fused-ring (bicyclic) bond motifs is 4. The van der Waals surface area contributed by atoms with Crippen LogP contribution in [0.3, 0.4) is 0 Å². The van der Waals surface area contributed by atoms with Gasteiger partial charge in [-0.3, -0.25) is 29.6 Å². The number of rotatable bonds is 2. The predicted octanol–water partition coefficient (Wildman–Crippen LogP) is 2.20. The van der Waals surface area contributed by atoms with E-state index >= 15 is 0 Å². The molecule has 148 valence electrons. The molecule has 4 unspecified atom stereocenters. The molecule has 5 rings (SSSR count). The van der Waals surface area contributed by atoms with Gasteiger partial charge in [-0.2, -0.15) is 0 Å². The second-order valence-electron chi connectivity index (χ2n) is 8.11. The molecule has 2 aromatic heterocycles. The lowest BCUT2D eigenvalue weighted by Crippen LogP contribution is -2.38. The Labute approximate surface area is 167 Å². The van der Waals surface area contributed by atoms with E-state index in [4.69, 9.17) is 9.97 Å². The molecule has 3 aliphatic heterocycles. The second kappa shape index (κ2) is 8.25. The minimum atomic E-state index is 0.342. The molecule has 0 aromatic carbocycles. The quantitative estimate of drug-likeness (QED) is 0.798. The largest absolute Gasteiger partial charge is 0.281 e. The summed E-state index contributed by atoms with van der Waals surface area (Å²) in [5.41, 5.74) is 2.40. The molecule has 5 heterocycles. The zero-order valence-electron chi connectivity index (χ0n) is 16.5. The number of aromatic nitrogens is 2. The highest BCUT2D eigenvalue weighted by Gasteiger charge is 2.37. The van der Waals surface area contributed by atoms with Crippen molar-refractivity contribution in [2.24, 2.45) is 0 Å². The SMILES string of the molecule is c1ccc(C2N3CCCN4CCN(CCCN2CC3)C4c2ccccn2)nc1. The standard InChI is InChI=1S/C22H30N6/c1-3-9-23-19(7-1)21-25-11-5-13-27-17-18-28(14-6-12-26(21)16-15-25)22(27)20-8-2-4-10-24-20/h1-4,7-10,21-22H,5-6,11-18H2. The zero-order valence-corrected chi connectivity index (χ0v) is 16.5. The van der Waals surface area contributed by atoms with E-state index in [9.17, 15) is 0 Å². The van der Waals surface area contributed by atoms with Crippen molar-refractivity contribution in [2.75, 3.05) is 52.4 Å². The Balaban J connectivity index is 1.36. The van der Waals surface area contributed by atoms with Crippen molar-refractivity contribution in [1.82, 2.24) is 29.6 Å². The molecule has 0 saturated carbocycles. The third-order valence-electron chi connectivity index (χ3n) is 6.42. The lowest BCUT2D eigenvalue weighted by atomic mass is 10.2. The molecule has 4 atom stereocenters. The smallest absolute Gasteiger partial charge is 0.106 e. The Hall–Kier alpha value is -1.86. The molecule has 0 amide bonds. The highest BCUT2D eigenvalue weighted by atomic mass is 15.4. The molecule has 28 heavy (non-hydrogen) atoms. The van der Waals surface area contributed by atoms with Crippen molar-refractivity contribution in [2.45, 2.75) is 25.2 Å². The van der Waals surface area contributed by atoms with Crippen LogP contribution in [-0.2, 0) is 0 Å². The first-order valence-corrected chi connectivity index (χ1v) is 10.7. The highest BCUT2D eigenvalue weighted by molar-refractivity contribution is 5.12. The van der Waals surface area contributed by atoms with Crippen LogP contribution in [0.1, 0.15) is 36.6 Å². The molecular formula is C22H30N6. The molecule has 2 aromatic rings. The van der Waals surface area contributed by atoms with Gasteiger partial charge in [0.05, 0.1) is 11.4 Å². The van der Waals surface area contributed by atoms with Gasteiger partial charge in [-0.05, 0) is 37.1 Å². The lowest BCUT2D eigenvalue weighted by Gasteiger charge is -2.34. The molecule has 6 heteroatoms. The Morgan fingerprint density at radius 1 is 0.536 bits per heavy atom. The van der Waals surface area contributed by atoms with E-state index in [1.165, 1.54) is 24.2 Å². The van der Waals surface area contributed by atoms with Crippen LogP contribution < -0.4 is 0 Å². The summed E-state index contributed by atoms with van der Waals surface area (Å²) in [6.45, 7) is 9.10. The van der Waals surface area contributed by atoms with Gasteiger partial charge in [0.1, 0.15) is 12.3 Å². The molecule has 0 radical (unpaired) electrons. The van der Waals surface area contributed by atoms with Gasteiger partial charge in [-0.25, -0.2) is 0 Å². The number of hydrogen-bond donors (Lipinski definition) is 0. The Morgan fingerprint density at radius 2 is 0.929 bits per heavy atom. The number of hydrogen-bond acceptors (Lipinski definition) is 6. The molecule has 3 fully saturated rings. The average molecular weight is 379 g/mol. The normalized spacial score (nSPS) is 35.9. The Kier molecular flexibility index (Phi) is 5.36. The van der Waals surface area contributed by atoms with Crippen LogP contribution in [0, 0.1) is 0 Å². The van der Waals surface area contributed by atoms with Gasteiger partial charge in [-0.15, -0.1) is 0 Å². The van der Waals surface area contributed by atoms with Crippen molar-refractivity contribution in [1.29, 1.82) is 0 Å². The van der Waals surface area contributed by atoms with Crippen molar-refractivity contribution in [3.8, 4) is 0 Å². The van der Waals surface area contributed by atoms with Crippen LogP contribution in [0.2, 0.25) is 0 Å². The van der Waals surface area contributed by atoms with Crippen molar-refractivity contribution >= 4 is 0 Å². The van der Waals surface area contributed by atoms with E-state index in [0.717, 1.165) is 52.4 Å². The van der Waals surface area contributed by atoms with E-state index in [1.807, 2.05) is 24.5 Å². The summed E-state index contributed by atoms with van der Waals surface area (Å²) in [6.07, 6.45) is 6.93. The summed E-state index contributed by atoms with van der Waals surface area (Å²) in [7, 11) is 0. The third-order valence-corrected chi connectivity index (χ3v) is 6.42. The van der Waals surface area contributed by atoms with Crippen LogP contribution in [0.25, 0.3) is 0 Å². The first kappa shape index (κ1) is 18.2. The summed E-state index contributed by atoms with van der Waals surface area (Å²) in [4.78, 5) is 19.9. The molecule has 6 nitrogen and oxygen atoms in total. The van der Waals surface area contributed by atoms with Crippen LogP contribution >= 0.6 is 0 Å². The minimum Gasteiger partial charge on any atom is -0.281 e. The van der Waals surface area contributed by atoms with Crippen molar-refractivity contribution in [3.05, 3.63) is 60.2 Å².